The van der Waals surface area contributed by atoms with E-state index in [1.165, 1.54) is 0 Å². The Morgan fingerprint density at radius 2 is 1.86 bits per heavy atom. The van der Waals surface area contributed by atoms with E-state index in [4.69, 9.17) is 4.52 Å². The molecule has 184 valence electrons. The summed E-state index contributed by atoms with van der Waals surface area (Å²) in [5, 5.41) is 10.1. The lowest BCUT2D eigenvalue weighted by Crippen LogP contribution is -2.44. The molecule has 2 unspecified atom stereocenters. The maximum absolute atomic E-state index is 16.0. The van der Waals surface area contributed by atoms with Crippen LogP contribution in [0.4, 0.5) is 4.39 Å². The zero-order valence-electron chi connectivity index (χ0n) is 20.7. The Balaban J connectivity index is 1.82. The Hall–Kier alpha value is -3.32. The van der Waals surface area contributed by atoms with Crippen molar-refractivity contribution in [3.05, 3.63) is 76.4 Å². The number of hydrogen-bond donors (Lipinski definition) is 2. The van der Waals surface area contributed by atoms with Crippen LogP contribution in [0.2, 0.25) is 0 Å². The van der Waals surface area contributed by atoms with Gasteiger partial charge < -0.3 is 15.2 Å². The van der Waals surface area contributed by atoms with Crippen molar-refractivity contribution in [2.45, 2.75) is 65.0 Å². The molecule has 1 aliphatic rings. The first-order valence-electron chi connectivity index (χ1n) is 12.1. The van der Waals surface area contributed by atoms with Crippen molar-refractivity contribution in [3.8, 4) is 11.1 Å². The summed E-state index contributed by atoms with van der Waals surface area (Å²) >= 11 is 0. The molecule has 6 nitrogen and oxygen atoms in total. The minimum Gasteiger partial charge on any atom is -0.361 e. The lowest BCUT2D eigenvalue weighted by Gasteiger charge is -2.25. The number of halogens is 1. The van der Waals surface area contributed by atoms with Crippen molar-refractivity contribution in [1.82, 2.24) is 15.8 Å². The minimum absolute atomic E-state index is 0.0198. The van der Waals surface area contributed by atoms with Crippen molar-refractivity contribution in [2.75, 3.05) is 6.54 Å². The predicted octanol–water partition coefficient (Wildman–Crippen LogP) is 4.94. The molecular weight excluding hydrogens is 445 g/mol. The average molecular weight is 478 g/mol. The van der Waals surface area contributed by atoms with Crippen LogP contribution in [0.5, 0.6) is 0 Å². The Kier molecular flexibility index (Phi) is 7.45. The van der Waals surface area contributed by atoms with Crippen LogP contribution in [0, 0.1) is 19.7 Å². The second-order valence-electron chi connectivity index (χ2n) is 9.49. The third kappa shape index (κ3) is 5.20. The number of rotatable bonds is 8. The van der Waals surface area contributed by atoms with Gasteiger partial charge in [-0.25, -0.2) is 4.39 Å². The van der Waals surface area contributed by atoms with Gasteiger partial charge in [-0.1, -0.05) is 61.5 Å². The standard InChI is InChI=1S/C28H32FN3O3/c1-16(2)20-12-13-21(25(26(20)29)19-9-6-5-7-10-19)27(31-28(34)23-11-8-14-30-23)24(33)15-22-17(3)32-35-18(22)4/h5-7,9-10,12-13,16,23,27,30H,8,11,14-15H2,1-4H3,(H,31,34). The summed E-state index contributed by atoms with van der Waals surface area (Å²) in [5.41, 5.74) is 3.32. The molecule has 2 atom stereocenters. The normalized spacial score (nSPS) is 16.5. The third-order valence-electron chi connectivity index (χ3n) is 6.72. The lowest BCUT2D eigenvalue weighted by molar-refractivity contribution is -0.128. The quantitative estimate of drug-likeness (QED) is 0.480. The number of ketones is 1. The molecule has 2 aromatic carbocycles. The van der Waals surface area contributed by atoms with E-state index in [1.807, 2.05) is 44.2 Å². The maximum atomic E-state index is 16.0. The zero-order valence-corrected chi connectivity index (χ0v) is 20.7. The molecule has 3 aromatic rings. The van der Waals surface area contributed by atoms with Crippen molar-refractivity contribution in [1.29, 1.82) is 0 Å². The Morgan fingerprint density at radius 3 is 2.46 bits per heavy atom. The van der Waals surface area contributed by atoms with Crippen molar-refractivity contribution < 1.29 is 18.5 Å². The van der Waals surface area contributed by atoms with Crippen LogP contribution in [-0.2, 0) is 16.0 Å². The number of Topliss-reactive ketones (excluding diaryl/α,β-unsaturated/α-hetero) is 1. The van der Waals surface area contributed by atoms with Gasteiger partial charge in [0.15, 0.2) is 5.78 Å². The first kappa shape index (κ1) is 24.8. The summed E-state index contributed by atoms with van der Waals surface area (Å²) < 4.78 is 21.2. The molecule has 2 heterocycles. The Morgan fingerprint density at radius 1 is 1.14 bits per heavy atom. The molecule has 1 fully saturated rings. The molecule has 0 bridgehead atoms. The highest BCUT2D eigenvalue weighted by molar-refractivity contribution is 5.94. The number of carbonyl (C=O) groups is 2. The van der Waals surface area contributed by atoms with Gasteiger partial charge in [-0.2, -0.15) is 0 Å². The zero-order chi connectivity index (χ0) is 25.1. The molecule has 0 saturated carbocycles. The van der Waals surface area contributed by atoms with Gasteiger partial charge in [0.2, 0.25) is 5.91 Å². The summed E-state index contributed by atoms with van der Waals surface area (Å²) in [6, 6.07) is 11.3. The SMILES string of the molecule is Cc1noc(C)c1CC(=O)C(NC(=O)C1CCCN1)c1ccc(C(C)C)c(F)c1-c1ccccc1. The molecule has 1 amide bonds. The monoisotopic (exact) mass is 477 g/mol. The molecular formula is C28H32FN3O3. The van der Waals surface area contributed by atoms with E-state index in [1.54, 1.807) is 26.0 Å². The van der Waals surface area contributed by atoms with E-state index in [0.29, 0.717) is 45.7 Å². The van der Waals surface area contributed by atoms with Gasteiger partial charge in [0.25, 0.3) is 0 Å². The van der Waals surface area contributed by atoms with E-state index in [-0.39, 0.29) is 35.9 Å². The number of nitrogens with one attached hydrogen (secondary N) is 2. The van der Waals surface area contributed by atoms with E-state index in [9.17, 15) is 9.59 Å². The highest BCUT2D eigenvalue weighted by Crippen LogP contribution is 2.36. The van der Waals surface area contributed by atoms with Crippen molar-refractivity contribution in [2.24, 2.45) is 0 Å². The van der Waals surface area contributed by atoms with Gasteiger partial charge in [0.05, 0.1) is 11.7 Å². The summed E-state index contributed by atoms with van der Waals surface area (Å²) in [6.45, 7) is 8.15. The molecule has 0 radical (unpaired) electrons. The van der Waals surface area contributed by atoms with Gasteiger partial charge in [-0.05, 0) is 55.8 Å². The number of aryl methyl sites for hydroxylation is 2. The topological polar surface area (TPSA) is 84.2 Å². The first-order valence-corrected chi connectivity index (χ1v) is 12.1. The number of aromatic nitrogens is 1. The number of amides is 1. The van der Waals surface area contributed by atoms with Crippen molar-refractivity contribution in [3.63, 3.8) is 0 Å². The van der Waals surface area contributed by atoms with E-state index in [2.05, 4.69) is 15.8 Å². The second kappa shape index (κ2) is 10.5. The summed E-state index contributed by atoms with van der Waals surface area (Å²) in [5.74, 6) is -0.359. The largest absolute Gasteiger partial charge is 0.361 e. The highest BCUT2D eigenvalue weighted by Gasteiger charge is 2.32. The van der Waals surface area contributed by atoms with Gasteiger partial charge in [-0.15, -0.1) is 0 Å². The van der Waals surface area contributed by atoms with Crippen molar-refractivity contribution >= 4 is 11.7 Å². The molecule has 2 N–H and O–H groups in total. The molecule has 7 heteroatoms. The third-order valence-corrected chi connectivity index (χ3v) is 6.72. The molecule has 4 rings (SSSR count). The lowest BCUT2D eigenvalue weighted by atomic mass is 9.86. The number of hydrogen-bond acceptors (Lipinski definition) is 5. The fourth-order valence-electron chi connectivity index (χ4n) is 4.71. The molecule has 1 saturated heterocycles. The number of nitrogens with zero attached hydrogens (tertiary/aromatic N) is 1. The fraction of sp³-hybridized carbons (Fsp3) is 0.393. The van der Waals surface area contributed by atoms with Crippen LogP contribution in [-0.4, -0.2) is 29.4 Å². The van der Waals surface area contributed by atoms with Crippen LogP contribution in [0.1, 0.15) is 66.8 Å². The maximum Gasteiger partial charge on any atom is 0.237 e. The van der Waals surface area contributed by atoms with E-state index < -0.39 is 6.04 Å². The first-order chi connectivity index (χ1) is 16.8. The van der Waals surface area contributed by atoms with Crippen LogP contribution in [0.25, 0.3) is 11.1 Å². The Bertz CT molecular complexity index is 1190. The highest BCUT2D eigenvalue weighted by atomic mass is 19.1. The minimum atomic E-state index is -1.02. The summed E-state index contributed by atoms with van der Waals surface area (Å²) in [4.78, 5) is 26.9. The van der Waals surface area contributed by atoms with Crippen LogP contribution in [0.3, 0.4) is 0 Å². The second-order valence-corrected chi connectivity index (χ2v) is 9.49. The molecule has 35 heavy (non-hydrogen) atoms. The molecule has 1 aromatic heterocycles. The molecule has 0 spiro atoms. The van der Waals surface area contributed by atoms with Gasteiger partial charge in [0, 0.05) is 17.5 Å². The van der Waals surface area contributed by atoms with Crippen LogP contribution >= 0.6 is 0 Å². The predicted molar refractivity (Wildman–Crippen MR) is 133 cm³/mol. The van der Waals surface area contributed by atoms with Crippen LogP contribution < -0.4 is 10.6 Å². The number of benzene rings is 2. The van der Waals surface area contributed by atoms with Gasteiger partial charge in [-0.3, -0.25) is 9.59 Å². The smallest absolute Gasteiger partial charge is 0.237 e. The van der Waals surface area contributed by atoms with E-state index >= 15 is 4.39 Å². The fourth-order valence-corrected chi connectivity index (χ4v) is 4.71. The van der Waals surface area contributed by atoms with Crippen LogP contribution in [0.15, 0.2) is 47.0 Å². The summed E-state index contributed by atoms with van der Waals surface area (Å²) in [6.07, 6.45) is 1.61. The Labute approximate surface area is 205 Å². The average Bonchev–Trinajstić information content (AvgIpc) is 3.49. The molecule has 0 aliphatic carbocycles. The molecule has 1 aliphatic heterocycles. The number of carbonyl (C=O) groups excluding carboxylic acids is 2. The summed E-state index contributed by atoms with van der Waals surface area (Å²) in [7, 11) is 0. The van der Waals surface area contributed by atoms with Gasteiger partial charge >= 0.3 is 0 Å². The van der Waals surface area contributed by atoms with Gasteiger partial charge in [0.1, 0.15) is 17.6 Å². The van der Waals surface area contributed by atoms with E-state index in [0.717, 1.165) is 13.0 Å².